The van der Waals surface area contributed by atoms with Crippen molar-refractivity contribution in [1.82, 2.24) is 0 Å². The molecule has 0 aromatic carbocycles. The Bertz CT molecular complexity index is 462. The van der Waals surface area contributed by atoms with Crippen LogP contribution in [0.4, 0.5) is 0 Å². The van der Waals surface area contributed by atoms with Gasteiger partial charge in [-0.2, -0.15) is 0 Å². The van der Waals surface area contributed by atoms with Gasteiger partial charge in [-0.3, -0.25) is 9.59 Å². The zero-order chi connectivity index (χ0) is 20.6. The molecule has 1 aliphatic heterocycles. The van der Waals surface area contributed by atoms with E-state index in [0.29, 0.717) is 6.61 Å². The number of rotatable bonds is 15. The molecule has 0 aliphatic carbocycles. The summed E-state index contributed by atoms with van der Waals surface area (Å²) in [6.45, 7) is 5.55. The minimum absolute atomic E-state index is 0.0235. The van der Waals surface area contributed by atoms with Gasteiger partial charge in [-0.25, -0.2) is 0 Å². The highest BCUT2D eigenvalue weighted by Crippen LogP contribution is 2.18. The van der Waals surface area contributed by atoms with Crippen LogP contribution in [0, 0.1) is 0 Å². The fraction of sp³-hybridized carbons (Fsp3) is 0.818. The van der Waals surface area contributed by atoms with E-state index in [1.54, 1.807) is 12.2 Å². The molecule has 162 valence electrons. The summed E-state index contributed by atoms with van der Waals surface area (Å²) in [6.07, 6.45) is 14.6. The summed E-state index contributed by atoms with van der Waals surface area (Å²) in [7, 11) is 0. The van der Waals surface area contributed by atoms with E-state index in [1.807, 2.05) is 0 Å². The molecule has 0 saturated carbocycles. The lowest BCUT2D eigenvalue weighted by atomic mass is 10.1. The van der Waals surface area contributed by atoms with Gasteiger partial charge in [-0.15, -0.1) is 0 Å². The van der Waals surface area contributed by atoms with Gasteiger partial charge in [0.1, 0.15) is 18.8 Å². The first kappa shape index (κ1) is 24.6. The van der Waals surface area contributed by atoms with Crippen LogP contribution in [0.25, 0.3) is 0 Å². The van der Waals surface area contributed by atoms with Crippen LogP contribution in [-0.2, 0) is 28.5 Å². The van der Waals surface area contributed by atoms with Crippen LogP contribution in [0.2, 0.25) is 0 Å². The number of hydrogen-bond donors (Lipinski definition) is 0. The molecule has 0 saturated heterocycles. The first-order chi connectivity index (χ1) is 13.5. The normalized spacial score (nSPS) is 21.5. The Labute approximate surface area is 169 Å². The quantitative estimate of drug-likeness (QED) is 0.226. The summed E-state index contributed by atoms with van der Waals surface area (Å²) in [5.41, 5.74) is 0. The van der Waals surface area contributed by atoms with Crippen LogP contribution in [0.3, 0.4) is 0 Å². The smallest absolute Gasteiger partial charge is 0.303 e. The maximum atomic E-state index is 11.2. The molecule has 6 heteroatoms. The summed E-state index contributed by atoms with van der Waals surface area (Å²) >= 11 is 0. The highest BCUT2D eigenvalue weighted by Gasteiger charge is 2.30. The van der Waals surface area contributed by atoms with E-state index in [-0.39, 0.29) is 6.61 Å². The molecule has 28 heavy (non-hydrogen) atoms. The first-order valence-corrected chi connectivity index (χ1v) is 10.8. The Balaban J connectivity index is 2.16. The second kappa shape index (κ2) is 15.5. The second-order valence-corrected chi connectivity index (χ2v) is 7.36. The molecule has 6 nitrogen and oxygen atoms in total. The Morgan fingerprint density at radius 1 is 0.857 bits per heavy atom. The standard InChI is InChI=1S/C22H38O6/c1-4-5-6-7-8-9-10-11-12-13-16-25-22-15-14-20(27-19(3)24)21(28-22)17-26-18(2)23/h14-15,20-22H,4-13,16-17H2,1-3H3/t20-,21+,22+/m0/s1. The summed E-state index contributed by atoms with van der Waals surface area (Å²) < 4.78 is 21.7. The van der Waals surface area contributed by atoms with Crippen molar-refractivity contribution in [2.24, 2.45) is 0 Å². The van der Waals surface area contributed by atoms with Gasteiger partial charge in [0.25, 0.3) is 0 Å². The van der Waals surface area contributed by atoms with E-state index < -0.39 is 30.4 Å². The van der Waals surface area contributed by atoms with Gasteiger partial charge in [0.2, 0.25) is 0 Å². The molecule has 0 spiro atoms. The summed E-state index contributed by atoms with van der Waals surface area (Å²) in [4.78, 5) is 22.3. The van der Waals surface area contributed by atoms with E-state index in [4.69, 9.17) is 18.9 Å². The third-order valence-electron chi connectivity index (χ3n) is 4.67. The molecule has 0 aromatic heterocycles. The predicted octanol–water partition coefficient (Wildman–Crippen LogP) is 4.70. The van der Waals surface area contributed by atoms with Crippen LogP contribution in [0.5, 0.6) is 0 Å². The summed E-state index contributed by atoms with van der Waals surface area (Å²) in [5, 5.41) is 0. The van der Waals surface area contributed by atoms with E-state index >= 15 is 0 Å². The third-order valence-corrected chi connectivity index (χ3v) is 4.67. The average Bonchev–Trinajstić information content (AvgIpc) is 2.65. The van der Waals surface area contributed by atoms with E-state index in [2.05, 4.69) is 6.92 Å². The van der Waals surface area contributed by atoms with Crippen LogP contribution >= 0.6 is 0 Å². The van der Waals surface area contributed by atoms with Gasteiger partial charge in [0.05, 0.1) is 6.61 Å². The zero-order valence-electron chi connectivity index (χ0n) is 17.8. The predicted molar refractivity (Wildman–Crippen MR) is 108 cm³/mol. The minimum Gasteiger partial charge on any atom is -0.463 e. The second-order valence-electron chi connectivity index (χ2n) is 7.36. The molecule has 1 rings (SSSR count). The molecule has 0 radical (unpaired) electrons. The van der Waals surface area contributed by atoms with Gasteiger partial charge in [-0.05, 0) is 18.6 Å². The van der Waals surface area contributed by atoms with Crippen molar-refractivity contribution in [2.45, 2.75) is 103 Å². The molecular formula is C22H38O6. The maximum Gasteiger partial charge on any atom is 0.303 e. The summed E-state index contributed by atoms with van der Waals surface area (Å²) in [5.74, 6) is -0.807. The number of esters is 2. The Morgan fingerprint density at radius 2 is 1.46 bits per heavy atom. The fourth-order valence-corrected chi connectivity index (χ4v) is 3.14. The van der Waals surface area contributed by atoms with E-state index in [9.17, 15) is 9.59 Å². The number of carbonyl (C=O) groups excluding carboxylic acids is 2. The zero-order valence-corrected chi connectivity index (χ0v) is 17.8. The Kier molecular flexibility index (Phi) is 13.7. The molecule has 0 amide bonds. The van der Waals surface area contributed by atoms with Crippen molar-refractivity contribution in [3.05, 3.63) is 12.2 Å². The van der Waals surface area contributed by atoms with Crippen molar-refractivity contribution in [1.29, 1.82) is 0 Å². The van der Waals surface area contributed by atoms with Crippen molar-refractivity contribution >= 4 is 11.9 Å². The van der Waals surface area contributed by atoms with Gasteiger partial charge >= 0.3 is 11.9 Å². The van der Waals surface area contributed by atoms with E-state index in [1.165, 1.54) is 65.2 Å². The molecule has 0 aromatic rings. The largest absolute Gasteiger partial charge is 0.463 e. The van der Waals surface area contributed by atoms with Crippen LogP contribution in [0.15, 0.2) is 12.2 Å². The molecule has 0 N–H and O–H groups in total. The van der Waals surface area contributed by atoms with Crippen LogP contribution in [-0.4, -0.2) is 43.7 Å². The lowest BCUT2D eigenvalue weighted by Crippen LogP contribution is -2.42. The summed E-state index contributed by atoms with van der Waals surface area (Å²) in [6, 6.07) is 0. The molecule has 1 aliphatic rings. The molecule has 0 bridgehead atoms. The van der Waals surface area contributed by atoms with Crippen LogP contribution in [0.1, 0.15) is 85.0 Å². The van der Waals surface area contributed by atoms with Gasteiger partial charge < -0.3 is 18.9 Å². The number of unbranched alkanes of at least 4 members (excludes halogenated alkanes) is 9. The lowest BCUT2D eigenvalue weighted by Gasteiger charge is -2.31. The highest BCUT2D eigenvalue weighted by molar-refractivity contribution is 5.66. The maximum absolute atomic E-state index is 11.2. The van der Waals surface area contributed by atoms with Gasteiger partial charge in [-0.1, -0.05) is 64.7 Å². The molecule has 0 unspecified atom stereocenters. The molecule has 1 heterocycles. The molecular weight excluding hydrogens is 360 g/mol. The van der Waals surface area contributed by atoms with Crippen LogP contribution < -0.4 is 0 Å². The number of carbonyl (C=O) groups is 2. The topological polar surface area (TPSA) is 71.1 Å². The van der Waals surface area contributed by atoms with E-state index in [0.717, 1.165) is 12.8 Å². The van der Waals surface area contributed by atoms with Crippen molar-refractivity contribution in [3.8, 4) is 0 Å². The van der Waals surface area contributed by atoms with Crippen molar-refractivity contribution in [3.63, 3.8) is 0 Å². The molecule has 0 fully saturated rings. The Hall–Kier alpha value is -1.40. The molecule has 3 atom stereocenters. The Morgan fingerprint density at radius 3 is 2.04 bits per heavy atom. The van der Waals surface area contributed by atoms with Gasteiger partial charge in [0, 0.05) is 13.8 Å². The average molecular weight is 399 g/mol. The lowest BCUT2D eigenvalue weighted by molar-refractivity contribution is -0.197. The monoisotopic (exact) mass is 398 g/mol. The number of ether oxygens (including phenoxy) is 4. The fourth-order valence-electron chi connectivity index (χ4n) is 3.14. The third kappa shape index (κ3) is 12.1. The first-order valence-electron chi connectivity index (χ1n) is 10.8. The highest BCUT2D eigenvalue weighted by atomic mass is 16.7. The van der Waals surface area contributed by atoms with Gasteiger partial charge in [0.15, 0.2) is 6.29 Å². The SMILES string of the molecule is CCCCCCCCCCCCO[C@H]1C=C[C@H](OC(C)=O)[C@@H](COC(C)=O)O1. The van der Waals surface area contributed by atoms with Crippen molar-refractivity contribution in [2.75, 3.05) is 13.2 Å². The number of hydrogen-bond acceptors (Lipinski definition) is 6. The van der Waals surface area contributed by atoms with Crippen molar-refractivity contribution < 1.29 is 28.5 Å². The minimum atomic E-state index is -0.575.